The van der Waals surface area contributed by atoms with Crippen molar-refractivity contribution in [3.05, 3.63) is 0 Å². The van der Waals surface area contributed by atoms with Crippen LogP contribution in [-0.2, 0) is 0 Å². The van der Waals surface area contributed by atoms with Gasteiger partial charge in [-0.2, -0.15) is 0 Å². The van der Waals surface area contributed by atoms with Gasteiger partial charge in [0.05, 0.1) is 5.60 Å². The lowest BCUT2D eigenvalue weighted by Crippen LogP contribution is -2.38. The van der Waals surface area contributed by atoms with E-state index in [-0.39, 0.29) is 5.60 Å². The van der Waals surface area contributed by atoms with Crippen LogP contribution in [0, 0.1) is 17.8 Å². The van der Waals surface area contributed by atoms with Crippen molar-refractivity contribution in [3.8, 4) is 0 Å². The van der Waals surface area contributed by atoms with Gasteiger partial charge in [-0.05, 0) is 43.9 Å². The Balaban J connectivity index is 2.25. The van der Waals surface area contributed by atoms with Crippen LogP contribution in [0.5, 0.6) is 0 Å². The predicted octanol–water partition coefficient (Wildman–Crippen LogP) is 1.80. The molecule has 0 heterocycles. The molecule has 2 saturated carbocycles. The summed E-state index contributed by atoms with van der Waals surface area (Å²) in [6, 6.07) is 0. The third-order valence-electron chi connectivity index (χ3n) is 3.93. The maximum Gasteiger partial charge on any atom is 0.0675 e. The molecule has 0 aromatic carbocycles. The fourth-order valence-electron chi connectivity index (χ4n) is 2.85. The van der Waals surface area contributed by atoms with Crippen molar-refractivity contribution < 1.29 is 5.11 Å². The molecule has 0 unspecified atom stereocenters. The van der Waals surface area contributed by atoms with Gasteiger partial charge in [0, 0.05) is 0 Å². The first-order valence-electron chi connectivity index (χ1n) is 4.34. The van der Waals surface area contributed by atoms with Crippen molar-refractivity contribution in [2.24, 2.45) is 17.8 Å². The van der Waals surface area contributed by atoms with E-state index in [1.54, 1.807) is 0 Å². The number of fused-ring (bicyclic) bond motifs is 2. The van der Waals surface area contributed by atoms with Crippen molar-refractivity contribution in [1.82, 2.24) is 0 Å². The Bertz CT molecular complexity index is 147. The van der Waals surface area contributed by atoms with Crippen LogP contribution in [0.3, 0.4) is 0 Å². The van der Waals surface area contributed by atoms with Crippen LogP contribution in [0.1, 0.15) is 33.1 Å². The molecule has 1 heteroatoms. The SMILES string of the molecule is C[C@H]1[C@H]2CC[C@H](C2)[C@]1(C)O. The number of hydrogen-bond acceptors (Lipinski definition) is 1. The normalized spacial score (nSPS) is 59.7. The lowest BCUT2D eigenvalue weighted by atomic mass is 9.78. The number of aliphatic hydroxyl groups is 1. The van der Waals surface area contributed by atoms with Gasteiger partial charge in [0.1, 0.15) is 0 Å². The van der Waals surface area contributed by atoms with E-state index >= 15 is 0 Å². The first kappa shape index (κ1) is 6.66. The van der Waals surface area contributed by atoms with Gasteiger partial charge in [-0.1, -0.05) is 6.92 Å². The van der Waals surface area contributed by atoms with Crippen LogP contribution >= 0.6 is 0 Å². The maximum atomic E-state index is 9.95. The lowest BCUT2D eigenvalue weighted by molar-refractivity contribution is -0.0363. The molecule has 0 aliphatic heterocycles. The van der Waals surface area contributed by atoms with Crippen LogP contribution in [-0.4, -0.2) is 10.7 Å². The zero-order chi connectivity index (χ0) is 7.35. The van der Waals surface area contributed by atoms with Gasteiger partial charge < -0.3 is 5.11 Å². The Labute approximate surface area is 62.4 Å². The molecule has 4 atom stereocenters. The summed E-state index contributed by atoms with van der Waals surface area (Å²) in [6.07, 6.45) is 3.91. The van der Waals surface area contributed by atoms with Gasteiger partial charge in [-0.3, -0.25) is 0 Å². The summed E-state index contributed by atoms with van der Waals surface area (Å²) in [6.45, 7) is 4.21. The van der Waals surface area contributed by atoms with E-state index in [2.05, 4.69) is 6.92 Å². The molecule has 0 spiro atoms. The zero-order valence-electron chi connectivity index (χ0n) is 6.80. The zero-order valence-corrected chi connectivity index (χ0v) is 6.80. The first-order valence-corrected chi connectivity index (χ1v) is 4.34. The average Bonchev–Trinajstić information content (AvgIpc) is 2.37. The topological polar surface area (TPSA) is 20.2 Å². The molecule has 2 fully saturated rings. The minimum Gasteiger partial charge on any atom is -0.390 e. The van der Waals surface area contributed by atoms with E-state index in [4.69, 9.17) is 0 Å². The molecule has 1 nitrogen and oxygen atoms in total. The minimum atomic E-state index is -0.330. The second-order valence-corrected chi connectivity index (χ2v) is 4.28. The quantitative estimate of drug-likeness (QED) is 0.544. The number of rotatable bonds is 0. The van der Waals surface area contributed by atoms with Crippen molar-refractivity contribution in [2.45, 2.75) is 38.7 Å². The highest BCUT2D eigenvalue weighted by atomic mass is 16.3. The van der Waals surface area contributed by atoms with E-state index in [9.17, 15) is 5.11 Å². The average molecular weight is 140 g/mol. The summed E-state index contributed by atoms with van der Waals surface area (Å²) in [5.74, 6) is 2.00. The summed E-state index contributed by atoms with van der Waals surface area (Å²) in [5.41, 5.74) is -0.330. The van der Waals surface area contributed by atoms with Crippen LogP contribution in [0.2, 0.25) is 0 Å². The van der Waals surface area contributed by atoms with Crippen LogP contribution < -0.4 is 0 Å². The van der Waals surface area contributed by atoms with Crippen LogP contribution in [0.25, 0.3) is 0 Å². The third kappa shape index (κ3) is 0.619. The fraction of sp³-hybridized carbons (Fsp3) is 1.00. The van der Waals surface area contributed by atoms with E-state index in [1.165, 1.54) is 19.3 Å². The Morgan fingerprint density at radius 1 is 1.40 bits per heavy atom. The second-order valence-electron chi connectivity index (χ2n) is 4.28. The van der Waals surface area contributed by atoms with Gasteiger partial charge in [-0.15, -0.1) is 0 Å². The molecular formula is C9H16O. The van der Waals surface area contributed by atoms with Gasteiger partial charge >= 0.3 is 0 Å². The summed E-state index contributed by atoms with van der Waals surface area (Å²) in [4.78, 5) is 0. The molecule has 0 aromatic rings. The van der Waals surface area contributed by atoms with E-state index < -0.39 is 0 Å². The summed E-state index contributed by atoms with van der Waals surface area (Å²) < 4.78 is 0. The van der Waals surface area contributed by atoms with Gasteiger partial charge in [-0.25, -0.2) is 0 Å². The molecule has 0 amide bonds. The second kappa shape index (κ2) is 1.76. The van der Waals surface area contributed by atoms with Crippen molar-refractivity contribution in [1.29, 1.82) is 0 Å². The van der Waals surface area contributed by atoms with E-state index in [1.807, 2.05) is 6.92 Å². The number of hydrogen-bond donors (Lipinski definition) is 1. The maximum absolute atomic E-state index is 9.95. The highest BCUT2D eigenvalue weighted by molar-refractivity contribution is 5.02. The van der Waals surface area contributed by atoms with Crippen molar-refractivity contribution >= 4 is 0 Å². The lowest BCUT2D eigenvalue weighted by Gasteiger charge is -2.34. The molecule has 0 saturated heterocycles. The van der Waals surface area contributed by atoms with Gasteiger partial charge in [0.15, 0.2) is 0 Å². The fourth-order valence-corrected chi connectivity index (χ4v) is 2.85. The molecule has 2 aliphatic rings. The smallest absolute Gasteiger partial charge is 0.0675 e. The first-order chi connectivity index (χ1) is 4.62. The highest BCUT2D eigenvalue weighted by Gasteiger charge is 2.52. The molecule has 1 N–H and O–H groups in total. The van der Waals surface area contributed by atoms with Crippen LogP contribution in [0.15, 0.2) is 0 Å². The Hall–Kier alpha value is -0.0400. The molecule has 0 aromatic heterocycles. The summed E-state index contributed by atoms with van der Waals surface area (Å²) >= 11 is 0. The Kier molecular flexibility index (Phi) is 1.17. The standard InChI is InChI=1S/C9H16O/c1-6-7-3-4-8(5-7)9(6,2)10/h6-8,10H,3-5H2,1-2H3/t6-,7-,8+,9+/m0/s1. The monoisotopic (exact) mass is 140 g/mol. The summed E-state index contributed by atoms with van der Waals surface area (Å²) in [5, 5.41) is 9.95. The molecule has 2 bridgehead atoms. The Morgan fingerprint density at radius 3 is 2.40 bits per heavy atom. The summed E-state index contributed by atoms with van der Waals surface area (Å²) in [7, 11) is 0. The molecule has 2 aliphatic carbocycles. The molecule has 2 rings (SSSR count). The van der Waals surface area contributed by atoms with Gasteiger partial charge in [0.2, 0.25) is 0 Å². The highest BCUT2D eigenvalue weighted by Crippen LogP contribution is 2.53. The molecule has 0 radical (unpaired) electrons. The predicted molar refractivity (Wildman–Crippen MR) is 40.6 cm³/mol. The van der Waals surface area contributed by atoms with Crippen molar-refractivity contribution in [2.75, 3.05) is 0 Å². The minimum absolute atomic E-state index is 0.330. The van der Waals surface area contributed by atoms with E-state index in [0.29, 0.717) is 11.8 Å². The van der Waals surface area contributed by atoms with E-state index in [0.717, 1.165) is 5.92 Å². The largest absolute Gasteiger partial charge is 0.390 e. The third-order valence-corrected chi connectivity index (χ3v) is 3.93. The van der Waals surface area contributed by atoms with Gasteiger partial charge in [0.25, 0.3) is 0 Å². The molecular weight excluding hydrogens is 124 g/mol. The van der Waals surface area contributed by atoms with Crippen LogP contribution in [0.4, 0.5) is 0 Å². The molecule has 58 valence electrons. The Morgan fingerprint density at radius 2 is 2.10 bits per heavy atom. The molecule has 10 heavy (non-hydrogen) atoms. The van der Waals surface area contributed by atoms with Crippen molar-refractivity contribution in [3.63, 3.8) is 0 Å².